The van der Waals surface area contributed by atoms with Crippen molar-refractivity contribution in [1.29, 1.82) is 0 Å². The lowest BCUT2D eigenvalue weighted by molar-refractivity contribution is 0.203. The monoisotopic (exact) mass is 309 g/mol. The van der Waals surface area contributed by atoms with Crippen molar-refractivity contribution in [2.75, 3.05) is 18.6 Å². The average Bonchev–Trinajstić information content (AvgIpc) is 2.48. The van der Waals surface area contributed by atoms with Gasteiger partial charge in [-0.05, 0) is 35.9 Å². The molecule has 1 unspecified atom stereocenters. The van der Waals surface area contributed by atoms with Gasteiger partial charge in [-0.3, -0.25) is 0 Å². The van der Waals surface area contributed by atoms with Gasteiger partial charge in [0, 0.05) is 10.6 Å². The molecule has 106 valence electrons. The van der Waals surface area contributed by atoms with Gasteiger partial charge in [0.15, 0.2) is 0 Å². The molecule has 0 aliphatic rings. The van der Waals surface area contributed by atoms with E-state index in [1.165, 1.54) is 11.8 Å². The zero-order chi connectivity index (χ0) is 14.5. The lowest BCUT2D eigenvalue weighted by Gasteiger charge is -2.12. The van der Waals surface area contributed by atoms with Crippen molar-refractivity contribution in [3.8, 4) is 5.75 Å². The standard InChI is InChI=1S/C15H16ClNO2S/c1-19-11-4-2-3-10(7-11)15(18)9-20-12-5-6-14(17)13(16)8-12/h2-8,15,18H,9,17H2,1H3. The molecule has 0 spiro atoms. The van der Waals surface area contributed by atoms with Crippen LogP contribution in [-0.4, -0.2) is 18.0 Å². The topological polar surface area (TPSA) is 55.5 Å². The van der Waals surface area contributed by atoms with Crippen LogP contribution in [0.5, 0.6) is 5.75 Å². The molecule has 2 rings (SSSR count). The predicted octanol–water partition coefficient (Wildman–Crippen LogP) is 3.76. The maximum absolute atomic E-state index is 10.2. The van der Waals surface area contributed by atoms with E-state index in [4.69, 9.17) is 22.1 Å². The third kappa shape index (κ3) is 3.82. The second-order valence-corrected chi connectivity index (χ2v) is 5.79. The van der Waals surface area contributed by atoms with Gasteiger partial charge >= 0.3 is 0 Å². The Morgan fingerprint density at radius 2 is 2.10 bits per heavy atom. The van der Waals surface area contributed by atoms with Gasteiger partial charge < -0.3 is 15.6 Å². The number of anilines is 1. The average molecular weight is 310 g/mol. The van der Waals surface area contributed by atoms with Crippen LogP contribution >= 0.6 is 23.4 Å². The van der Waals surface area contributed by atoms with Gasteiger partial charge in [-0.1, -0.05) is 23.7 Å². The van der Waals surface area contributed by atoms with Crippen LogP contribution in [-0.2, 0) is 0 Å². The van der Waals surface area contributed by atoms with Gasteiger partial charge in [0.25, 0.3) is 0 Å². The molecule has 0 heterocycles. The number of thioether (sulfide) groups is 1. The van der Waals surface area contributed by atoms with Gasteiger partial charge in [0.1, 0.15) is 5.75 Å². The van der Waals surface area contributed by atoms with Crippen LogP contribution in [0.4, 0.5) is 5.69 Å². The Morgan fingerprint density at radius 1 is 1.30 bits per heavy atom. The Kier molecular flexibility index (Phi) is 5.17. The summed E-state index contributed by atoms with van der Waals surface area (Å²) < 4.78 is 5.15. The molecule has 0 aliphatic carbocycles. The van der Waals surface area contributed by atoms with E-state index in [1.807, 2.05) is 30.3 Å². The Balaban J connectivity index is 2.00. The fourth-order valence-electron chi connectivity index (χ4n) is 1.72. The summed E-state index contributed by atoms with van der Waals surface area (Å²) in [6, 6.07) is 12.9. The van der Waals surface area contributed by atoms with Crippen LogP contribution in [0.3, 0.4) is 0 Å². The van der Waals surface area contributed by atoms with Gasteiger partial charge in [-0.2, -0.15) is 0 Å². The van der Waals surface area contributed by atoms with Crippen molar-refractivity contribution in [3.05, 3.63) is 53.1 Å². The molecule has 5 heteroatoms. The number of aliphatic hydroxyl groups excluding tert-OH is 1. The fourth-order valence-corrected chi connectivity index (χ4v) is 2.87. The zero-order valence-electron chi connectivity index (χ0n) is 11.0. The summed E-state index contributed by atoms with van der Waals surface area (Å²) >= 11 is 7.50. The Morgan fingerprint density at radius 3 is 2.80 bits per heavy atom. The summed E-state index contributed by atoms with van der Waals surface area (Å²) in [7, 11) is 1.61. The minimum atomic E-state index is -0.563. The lowest BCUT2D eigenvalue weighted by Crippen LogP contribution is -2.01. The van der Waals surface area contributed by atoms with Crippen molar-refractivity contribution in [2.45, 2.75) is 11.0 Å². The molecule has 0 amide bonds. The second-order valence-electron chi connectivity index (χ2n) is 4.29. The smallest absolute Gasteiger partial charge is 0.119 e. The molecule has 1 atom stereocenters. The molecular formula is C15H16ClNO2S. The fraction of sp³-hybridized carbons (Fsp3) is 0.200. The van der Waals surface area contributed by atoms with E-state index in [9.17, 15) is 5.11 Å². The van der Waals surface area contributed by atoms with Crippen molar-refractivity contribution in [2.24, 2.45) is 0 Å². The molecule has 0 aromatic heterocycles. The highest BCUT2D eigenvalue weighted by molar-refractivity contribution is 7.99. The molecule has 0 saturated heterocycles. The Hall–Kier alpha value is -1.36. The second kappa shape index (κ2) is 6.88. The first kappa shape index (κ1) is 15.0. The van der Waals surface area contributed by atoms with E-state index in [-0.39, 0.29) is 0 Å². The number of hydrogen-bond acceptors (Lipinski definition) is 4. The zero-order valence-corrected chi connectivity index (χ0v) is 12.6. The van der Waals surface area contributed by atoms with Crippen LogP contribution in [0.15, 0.2) is 47.4 Å². The van der Waals surface area contributed by atoms with E-state index in [0.29, 0.717) is 16.5 Å². The van der Waals surface area contributed by atoms with Gasteiger partial charge in [0.2, 0.25) is 0 Å². The highest BCUT2D eigenvalue weighted by Gasteiger charge is 2.09. The van der Waals surface area contributed by atoms with Crippen LogP contribution < -0.4 is 10.5 Å². The summed E-state index contributed by atoms with van der Waals surface area (Å²) in [5.74, 6) is 1.27. The number of nitrogens with two attached hydrogens (primary N) is 1. The first-order chi connectivity index (χ1) is 9.60. The molecule has 0 saturated carbocycles. The normalized spacial score (nSPS) is 12.2. The van der Waals surface area contributed by atoms with E-state index >= 15 is 0 Å². The van der Waals surface area contributed by atoms with Crippen molar-refractivity contribution in [1.82, 2.24) is 0 Å². The number of nitrogen functional groups attached to an aromatic ring is 1. The number of ether oxygens (including phenoxy) is 1. The van der Waals surface area contributed by atoms with Crippen LogP contribution in [0.2, 0.25) is 5.02 Å². The highest BCUT2D eigenvalue weighted by Crippen LogP contribution is 2.30. The molecule has 0 bridgehead atoms. The molecule has 3 nitrogen and oxygen atoms in total. The number of hydrogen-bond donors (Lipinski definition) is 2. The van der Waals surface area contributed by atoms with E-state index in [0.717, 1.165) is 16.2 Å². The third-order valence-electron chi connectivity index (χ3n) is 2.86. The molecule has 20 heavy (non-hydrogen) atoms. The molecule has 3 N–H and O–H groups in total. The first-order valence-electron chi connectivity index (χ1n) is 6.10. The third-order valence-corrected chi connectivity index (χ3v) is 4.26. The number of rotatable bonds is 5. The number of methoxy groups -OCH3 is 1. The molecule has 2 aromatic carbocycles. The largest absolute Gasteiger partial charge is 0.497 e. The first-order valence-corrected chi connectivity index (χ1v) is 7.46. The van der Waals surface area contributed by atoms with Crippen LogP contribution in [0.1, 0.15) is 11.7 Å². The Bertz CT molecular complexity index is 592. The maximum atomic E-state index is 10.2. The maximum Gasteiger partial charge on any atom is 0.119 e. The van der Waals surface area contributed by atoms with E-state index in [1.54, 1.807) is 19.2 Å². The molecular weight excluding hydrogens is 294 g/mol. The molecule has 2 aromatic rings. The van der Waals surface area contributed by atoms with Crippen molar-refractivity contribution < 1.29 is 9.84 Å². The minimum Gasteiger partial charge on any atom is -0.497 e. The van der Waals surface area contributed by atoms with Crippen LogP contribution in [0, 0.1) is 0 Å². The summed E-state index contributed by atoms with van der Waals surface area (Å²) in [4.78, 5) is 0.978. The predicted molar refractivity (Wildman–Crippen MR) is 84.5 cm³/mol. The van der Waals surface area contributed by atoms with E-state index < -0.39 is 6.10 Å². The van der Waals surface area contributed by atoms with Gasteiger partial charge in [-0.25, -0.2) is 0 Å². The van der Waals surface area contributed by atoms with Crippen molar-refractivity contribution >= 4 is 29.1 Å². The molecule has 0 aliphatic heterocycles. The van der Waals surface area contributed by atoms with Crippen LogP contribution in [0.25, 0.3) is 0 Å². The van der Waals surface area contributed by atoms with Crippen molar-refractivity contribution in [3.63, 3.8) is 0 Å². The summed E-state index contributed by atoms with van der Waals surface area (Å²) in [5, 5.41) is 10.7. The molecule has 0 fully saturated rings. The lowest BCUT2D eigenvalue weighted by atomic mass is 10.1. The quantitative estimate of drug-likeness (QED) is 0.652. The Labute approximate surface area is 127 Å². The summed E-state index contributed by atoms with van der Waals surface area (Å²) in [6.07, 6.45) is -0.563. The van der Waals surface area contributed by atoms with Gasteiger partial charge in [0.05, 0.1) is 23.9 Å². The molecule has 0 radical (unpaired) electrons. The number of aliphatic hydroxyl groups is 1. The highest BCUT2D eigenvalue weighted by atomic mass is 35.5. The SMILES string of the molecule is COc1cccc(C(O)CSc2ccc(N)c(Cl)c2)c1. The number of halogens is 1. The summed E-state index contributed by atoms with van der Waals surface area (Å²) in [5.41, 5.74) is 7.05. The number of benzene rings is 2. The van der Waals surface area contributed by atoms with Gasteiger partial charge in [-0.15, -0.1) is 11.8 Å². The van der Waals surface area contributed by atoms with E-state index in [2.05, 4.69) is 0 Å². The minimum absolute atomic E-state index is 0.533. The summed E-state index contributed by atoms with van der Waals surface area (Å²) in [6.45, 7) is 0.